The molecular formula is C16H24N2O. The van der Waals surface area contributed by atoms with Crippen molar-refractivity contribution in [2.45, 2.75) is 26.2 Å². The van der Waals surface area contributed by atoms with Crippen molar-refractivity contribution in [3.05, 3.63) is 35.9 Å². The van der Waals surface area contributed by atoms with Gasteiger partial charge >= 0.3 is 0 Å². The summed E-state index contributed by atoms with van der Waals surface area (Å²) in [6, 6.07) is 10.1. The van der Waals surface area contributed by atoms with E-state index in [-0.39, 0.29) is 11.8 Å². The van der Waals surface area contributed by atoms with Gasteiger partial charge in [0.25, 0.3) is 0 Å². The lowest BCUT2D eigenvalue weighted by Crippen LogP contribution is -2.36. The van der Waals surface area contributed by atoms with Crippen LogP contribution in [0.3, 0.4) is 0 Å². The first-order valence-electron chi connectivity index (χ1n) is 7.17. The van der Waals surface area contributed by atoms with Crippen molar-refractivity contribution >= 4 is 5.91 Å². The zero-order chi connectivity index (χ0) is 13.8. The van der Waals surface area contributed by atoms with Gasteiger partial charge in [0, 0.05) is 13.1 Å². The van der Waals surface area contributed by atoms with Crippen molar-refractivity contribution in [2.75, 3.05) is 19.6 Å². The monoisotopic (exact) mass is 260 g/mol. The molecule has 2 rings (SSSR count). The molecule has 2 N–H and O–H groups in total. The lowest BCUT2D eigenvalue weighted by molar-refractivity contribution is -0.132. The van der Waals surface area contributed by atoms with Crippen LogP contribution in [0.5, 0.6) is 0 Å². The van der Waals surface area contributed by atoms with Crippen LogP contribution < -0.4 is 5.73 Å². The highest BCUT2D eigenvalue weighted by molar-refractivity contribution is 5.84. The third-order valence-electron chi connectivity index (χ3n) is 4.02. The predicted octanol–water partition coefficient (Wildman–Crippen LogP) is 2.23. The van der Waals surface area contributed by atoms with E-state index >= 15 is 0 Å². The van der Waals surface area contributed by atoms with Crippen LogP contribution in [0.4, 0.5) is 0 Å². The molecule has 104 valence electrons. The fourth-order valence-electron chi connectivity index (χ4n) is 2.89. The molecule has 0 saturated carbocycles. The minimum Gasteiger partial charge on any atom is -0.342 e. The fraction of sp³-hybridized carbons (Fsp3) is 0.562. The quantitative estimate of drug-likeness (QED) is 0.902. The first-order chi connectivity index (χ1) is 9.13. The molecule has 1 fully saturated rings. The molecule has 0 bridgehead atoms. The van der Waals surface area contributed by atoms with E-state index in [1.807, 2.05) is 23.1 Å². The molecule has 2 atom stereocenters. The number of benzene rings is 1. The van der Waals surface area contributed by atoms with Gasteiger partial charge in [-0.05, 0) is 30.4 Å². The molecule has 0 aliphatic carbocycles. The van der Waals surface area contributed by atoms with Gasteiger partial charge in [-0.25, -0.2) is 0 Å². The summed E-state index contributed by atoms with van der Waals surface area (Å²) in [6.45, 7) is 6.60. The van der Waals surface area contributed by atoms with Gasteiger partial charge in [0.05, 0.1) is 5.92 Å². The standard InChI is InChI=1S/C16H24N2O/c1-12(2)15(14-6-4-3-5-7-14)16(19)18-9-8-13(10-17)11-18/h3-7,12-13,15H,8-11,17H2,1-2H3. The van der Waals surface area contributed by atoms with Gasteiger partial charge in [0.15, 0.2) is 0 Å². The van der Waals surface area contributed by atoms with Gasteiger partial charge in [-0.3, -0.25) is 4.79 Å². The molecule has 1 aromatic carbocycles. The Hall–Kier alpha value is -1.35. The number of carbonyl (C=O) groups is 1. The van der Waals surface area contributed by atoms with Crippen molar-refractivity contribution in [2.24, 2.45) is 17.6 Å². The summed E-state index contributed by atoms with van der Waals surface area (Å²) in [5.41, 5.74) is 6.83. The number of amides is 1. The third kappa shape index (κ3) is 3.16. The Balaban J connectivity index is 2.14. The first-order valence-corrected chi connectivity index (χ1v) is 7.17. The van der Waals surface area contributed by atoms with Gasteiger partial charge < -0.3 is 10.6 Å². The van der Waals surface area contributed by atoms with E-state index in [1.54, 1.807) is 0 Å². The molecule has 1 aromatic rings. The van der Waals surface area contributed by atoms with Crippen molar-refractivity contribution < 1.29 is 4.79 Å². The minimum absolute atomic E-state index is 0.0299. The van der Waals surface area contributed by atoms with E-state index in [0.717, 1.165) is 25.1 Å². The highest BCUT2D eigenvalue weighted by Crippen LogP contribution is 2.29. The summed E-state index contributed by atoms with van der Waals surface area (Å²) in [4.78, 5) is 14.7. The average molecular weight is 260 g/mol. The Morgan fingerprint density at radius 1 is 1.37 bits per heavy atom. The molecule has 0 aromatic heterocycles. The summed E-state index contributed by atoms with van der Waals surface area (Å²) in [7, 11) is 0. The third-order valence-corrected chi connectivity index (χ3v) is 4.02. The average Bonchev–Trinajstić information content (AvgIpc) is 2.88. The molecule has 1 amide bonds. The zero-order valence-electron chi connectivity index (χ0n) is 11.9. The first kappa shape index (κ1) is 14.1. The van der Waals surface area contributed by atoms with Crippen LogP contribution in [0.15, 0.2) is 30.3 Å². The number of nitrogens with zero attached hydrogens (tertiary/aromatic N) is 1. The summed E-state index contributed by atoms with van der Waals surface area (Å²) >= 11 is 0. The molecule has 3 heteroatoms. The molecule has 3 nitrogen and oxygen atoms in total. The van der Waals surface area contributed by atoms with Crippen LogP contribution in [-0.2, 0) is 4.79 Å². The van der Waals surface area contributed by atoms with Gasteiger partial charge in [-0.2, -0.15) is 0 Å². The molecule has 1 aliphatic heterocycles. The van der Waals surface area contributed by atoms with Gasteiger partial charge in [-0.15, -0.1) is 0 Å². The van der Waals surface area contributed by atoms with Crippen molar-refractivity contribution in [3.63, 3.8) is 0 Å². The van der Waals surface area contributed by atoms with Crippen LogP contribution in [0.2, 0.25) is 0 Å². The molecule has 0 radical (unpaired) electrons. The summed E-state index contributed by atoms with van der Waals surface area (Å²) in [5, 5.41) is 0. The summed E-state index contributed by atoms with van der Waals surface area (Å²) < 4.78 is 0. The molecule has 1 aliphatic rings. The maximum absolute atomic E-state index is 12.7. The largest absolute Gasteiger partial charge is 0.342 e. The van der Waals surface area contributed by atoms with E-state index in [9.17, 15) is 4.79 Å². The number of hydrogen-bond acceptors (Lipinski definition) is 2. The van der Waals surface area contributed by atoms with E-state index in [0.29, 0.717) is 18.4 Å². The highest BCUT2D eigenvalue weighted by Gasteiger charge is 2.32. The molecule has 0 spiro atoms. The number of hydrogen-bond donors (Lipinski definition) is 1. The van der Waals surface area contributed by atoms with E-state index in [2.05, 4.69) is 26.0 Å². The Bertz CT molecular complexity index is 416. The van der Waals surface area contributed by atoms with Crippen LogP contribution in [0.25, 0.3) is 0 Å². The lowest BCUT2D eigenvalue weighted by atomic mass is 9.87. The van der Waals surface area contributed by atoms with Gasteiger partial charge in [0.2, 0.25) is 5.91 Å². The molecular weight excluding hydrogens is 236 g/mol. The Morgan fingerprint density at radius 3 is 2.58 bits per heavy atom. The van der Waals surface area contributed by atoms with E-state index in [1.165, 1.54) is 0 Å². The van der Waals surface area contributed by atoms with E-state index in [4.69, 9.17) is 5.73 Å². The maximum Gasteiger partial charge on any atom is 0.230 e. The maximum atomic E-state index is 12.7. The smallest absolute Gasteiger partial charge is 0.230 e. The molecule has 19 heavy (non-hydrogen) atoms. The van der Waals surface area contributed by atoms with Crippen molar-refractivity contribution in [1.82, 2.24) is 4.90 Å². The SMILES string of the molecule is CC(C)C(C(=O)N1CCC(CN)C1)c1ccccc1. The minimum atomic E-state index is -0.0299. The topological polar surface area (TPSA) is 46.3 Å². The Morgan fingerprint density at radius 2 is 2.05 bits per heavy atom. The number of carbonyl (C=O) groups excluding carboxylic acids is 1. The Labute approximate surface area is 115 Å². The number of likely N-dealkylation sites (tertiary alicyclic amines) is 1. The van der Waals surface area contributed by atoms with Crippen LogP contribution >= 0.6 is 0 Å². The van der Waals surface area contributed by atoms with Crippen LogP contribution in [0, 0.1) is 11.8 Å². The summed E-state index contributed by atoms with van der Waals surface area (Å²) in [6.07, 6.45) is 1.04. The summed E-state index contributed by atoms with van der Waals surface area (Å²) in [5.74, 6) is 1.02. The molecule has 2 unspecified atom stereocenters. The van der Waals surface area contributed by atoms with Crippen LogP contribution in [0.1, 0.15) is 31.7 Å². The number of nitrogens with two attached hydrogens (primary N) is 1. The van der Waals surface area contributed by atoms with Gasteiger partial charge in [0.1, 0.15) is 0 Å². The normalized spacial score (nSPS) is 20.8. The van der Waals surface area contributed by atoms with Crippen LogP contribution in [-0.4, -0.2) is 30.4 Å². The second-order valence-corrected chi connectivity index (χ2v) is 5.81. The number of rotatable bonds is 4. The second-order valence-electron chi connectivity index (χ2n) is 5.81. The molecule has 1 heterocycles. The van der Waals surface area contributed by atoms with Crippen molar-refractivity contribution in [3.8, 4) is 0 Å². The fourth-order valence-corrected chi connectivity index (χ4v) is 2.89. The Kier molecular flexibility index (Phi) is 4.59. The van der Waals surface area contributed by atoms with Gasteiger partial charge in [-0.1, -0.05) is 44.2 Å². The van der Waals surface area contributed by atoms with E-state index < -0.39 is 0 Å². The predicted molar refractivity (Wildman–Crippen MR) is 77.8 cm³/mol. The second kappa shape index (κ2) is 6.20. The zero-order valence-corrected chi connectivity index (χ0v) is 11.9. The highest BCUT2D eigenvalue weighted by atomic mass is 16.2. The van der Waals surface area contributed by atoms with Crippen molar-refractivity contribution in [1.29, 1.82) is 0 Å². The molecule has 1 saturated heterocycles. The lowest BCUT2D eigenvalue weighted by Gasteiger charge is -2.26.